The zero-order valence-corrected chi connectivity index (χ0v) is 11.4. The number of amides is 2. The second-order valence-electron chi connectivity index (χ2n) is 4.19. The summed E-state index contributed by atoms with van der Waals surface area (Å²) in [6, 6.07) is 8.43. The maximum Gasteiger partial charge on any atom is 0.244 e. The van der Waals surface area contributed by atoms with Gasteiger partial charge in [-0.15, -0.1) is 0 Å². The molecular weight excluding hydrogens is 242 g/mol. The quantitative estimate of drug-likeness (QED) is 0.792. The highest BCUT2D eigenvalue weighted by molar-refractivity contribution is 5.88. The number of hydrogen-bond acceptors (Lipinski definition) is 3. The van der Waals surface area contributed by atoms with Gasteiger partial charge in [0, 0.05) is 13.1 Å². The minimum absolute atomic E-state index is 0.0453. The summed E-state index contributed by atoms with van der Waals surface area (Å²) in [7, 11) is 0. The molecule has 1 aromatic carbocycles. The largest absolute Gasteiger partial charge is 0.355 e. The van der Waals surface area contributed by atoms with Crippen LogP contribution < -0.4 is 11.1 Å². The predicted molar refractivity (Wildman–Crippen MR) is 74.3 cm³/mol. The summed E-state index contributed by atoms with van der Waals surface area (Å²) in [6.45, 7) is 4.72. The monoisotopic (exact) mass is 263 g/mol. The first kappa shape index (κ1) is 15.2. The molecule has 1 aromatic rings. The number of carbonyl (C=O) groups is 2. The Morgan fingerprint density at radius 2 is 1.89 bits per heavy atom. The lowest BCUT2D eigenvalue weighted by atomic mass is 10.1. The molecule has 0 fully saturated rings. The van der Waals surface area contributed by atoms with Crippen LogP contribution >= 0.6 is 0 Å². The highest BCUT2D eigenvalue weighted by Crippen LogP contribution is 2.12. The number of nitrogens with two attached hydrogens (primary N) is 1. The van der Waals surface area contributed by atoms with Gasteiger partial charge in [-0.1, -0.05) is 30.3 Å². The minimum atomic E-state index is -0.726. The molecule has 0 unspecified atom stereocenters. The van der Waals surface area contributed by atoms with E-state index in [0.717, 1.165) is 5.56 Å². The van der Waals surface area contributed by atoms with Crippen molar-refractivity contribution in [2.45, 2.75) is 19.9 Å². The molecule has 0 radical (unpaired) electrons. The van der Waals surface area contributed by atoms with Crippen molar-refractivity contribution in [1.29, 1.82) is 0 Å². The van der Waals surface area contributed by atoms with Crippen LogP contribution in [0.1, 0.15) is 25.5 Å². The first-order valence-electron chi connectivity index (χ1n) is 6.46. The Morgan fingerprint density at radius 3 is 2.42 bits per heavy atom. The molecule has 3 N–H and O–H groups in total. The Morgan fingerprint density at radius 1 is 1.26 bits per heavy atom. The Kier molecular flexibility index (Phi) is 6.02. The van der Waals surface area contributed by atoms with Crippen molar-refractivity contribution in [2.24, 2.45) is 5.73 Å². The summed E-state index contributed by atoms with van der Waals surface area (Å²) >= 11 is 0. The van der Waals surface area contributed by atoms with Crippen LogP contribution in [0.15, 0.2) is 30.3 Å². The van der Waals surface area contributed by atoms with Crippen LogP contribution in [0.5, 0.6) is 0 Å². The number of rotatable bonds is 6. The average molecular weight is 263 g/mol. The second kappa shape index (κ2) is 7.53. The Hall–Kier alpha value is -1.88. The fourth-order valence-corrected chi connectivity index (χ4v) is 1.77. The van der Waals surface area contributed by atoms with E-state index < -0.39 is 6.04 Å². The van der Waals surface area contributed by atoms with Crippen molar-refractivity contribution in [3.05, 3.63) is 35.9 Å². The molecule has 0 aliphatic rings. The molecule has 5 nitrogen and oxygen atoms in total. The molecule has 5 heteroatoms. The Balaban J connectivity index is 2.70. The van der Waals surface area contributed by atoms with Crippen molar-refractivity contribution < 1.29 is 9.59 Å². The van der Waals surface area contributed by atoms with Crippen LogP contribution in [0, 0.1) is 0 Å². The lowest BCUT2D eigenvalue weighted by Gasteiger charge is -2.23. The number of benzene rings is 1. The van der Waals surface area contributed by atoms with E-state index >= 15 is 0 Å². The fourth-order valence-electron chi connectivity index (χ4n) is 1.77. The molecule has 2 amide bonds. The van der Waals surface area contributed by atoms with Crippen LogP contribution in [0.3, 0.4) is 0 Å². The second-order valence-corrected chi connectivity index (χ2v) is 4.19. The average Bonchev–Trinajstić information content (AvgIpc) is 2.44. The standard InChI is InChI=1S/C14H21N3O2/c1-3-16-12(18)10-17(4-2)14(19)13(15)11-8-6-5-7-9-11/h5-9,13H,3-4,10,15H2,1-2H3,(H,16,18)/t13-/m0/s1. The van der Waals surface area contributed by atoms with Gasteiger partial charge in [0.1, 0.15) is 6.04 Å². The molecule has 0 aliphatic heterocycles. The number of nitrogens with one attached hydrogen (secondary N) is 1. The van der Waals surface area contributed by atoms with Crippen molar-refractivity contribution in [2.75, 3.05) is 19.6 Å². The van der Waals surface area contributed by atoms with Gasteiger partial charge >= 0.3 is 0 Å². The van der Waals surface area contributed by atoms with Crippen molar-refractivity contribution in [3.63, 3.8) is 0 Å². The van der Waals surface area contributed by atoms with Crippen LogP contribution in [-0.2, 0) is 9.59 Å². The summed E-state index contributed by atoms with van der Waals surface area (Å²) in [5.74, 6) is -0.405. The highest BCUT2D eigenvalue weighted by Gasteiger charge is 2.22. The first-order chi connectivity index (χ1) is 9.10. The van der Waals surface area contributed by atoms with Gasteiger partial charge in [0.05, 0.1) is 6.54 Å². The third-order valence-corrected chi connectivity index (χ3v) is 2.83. The van der Waals surface area contributed by atoms with E-state index in [1.165, 1.54) is 4.90 Å². The molecule has 0 aliphatic carbocycles. The van der Waals surface area contributed by atoms with Crippen LogP contribution in [0.25, 0.3) is 0 Å². The van der Waals surface area contributed by atoms with Gasteiger partial charge in [-0.25, -0.2) is 0 Å². The molecular formula is C14H21N3O2. The molecule has 0 saturated carbocycles. The Bertz CT molecular complexity index is 420. The maximum atomic E-state index is 12.2. The molecule has 1 rings (SSSR count). The van der Waals surface area contributed by atoms with Crippen molar-refractivity contribution in [3.8, 4) is 0 Å². The summed E-state index contributed by atoms with van der Waals surface area (Å²) in [6.07, 6.45) is 0. The van der Waals surface area contributed by atoms with E-state index in [9.17, 15) is 9.59 Å². The third-order valence-electron chi connectivity index (χ3n) is 2.83. The van der Waals surface area contributed by atoms with E-state index in [-0.39, 0.29) is 18.4 Å². The van der Waals surface area contributed by atoms with E-state index in [1.54, 1.807) is 0 Å². The van der Waals surface area contributed by atoms with Gasteiger partial charge in [0.2, 0.25) is 11.8 Å². The minimum Gasteiger partial charge on any atom is -0.355 e. The zero-order valence-electron chi connectivity index (χ0n) is 11.4. The molecule has 0 aromatic heterocycles. The molecule has 104 valence electrons. The van der Waals surface area contributed by atoms with Crippen LogP contribution in [0.2, 0.25) is 0 Å². The van der Waals surface area contributed by atoms with E-state index in [4.69, 9.17) is 5.73 Å². The van der Waals surface area contributed by atoms with Gasteiger partial charge in [-0.3, -0.25) is 9.59 Å². The molecule has 19 heavy (non-hydrogen) atoms. The molecule has 0 bridgehead atoms. The van der Waals surface area contributed by atoms with Gasteiger partial charge in [0.15, 0.2) is 0 Å². The molecule has 0 saturated heterocycles. The SMILES string of the molecule is CCNC(=O)CN(CC)C(=O)[C@@H](N)c1ccccc1. The first-order valence-corrected chi connectivity index (χ1v) is 6.46. The van der Waals surface area contributed by atoms with E-state index in [2.05, 4.69) is 5.32 Å². The van der Waals surface area contributed by atoms with Gasteiger partial charge in [0.25, 0.3) is 0 Å². The lowest BCUT2D eigenvalue weighted by Crippen LogP contribution is -2.44. The van der Waals surface area contributed by atoms with E-state index in [0.29, 0.717) is 13.1 Å². The number of carbonyl (C=O) groups excluding carboxylic acids is 2. The van der Waals surface area contributed by atoms with Gasteiger partial charge in [-0.05, 0) is 19.4 Å². The fraction of sp³-hybridized carbons (Fsp3) is 0.429. The summed E-state index contributed by atoms with van der Waals surface area (Å²) < 4.78 is 0. The van der Waals surface area contributed by atoms with Crippen molar-refractivity contribution >= 4 is 11.8 Å². The van der Waals surface area contributed by atoms with Gasteiger partial charge in [-0.2, -0.15) is 0 Å². The normalized spacial score (nSPS) is 11.7. The highest BCUT2D eigenvalue weighted by atomic mass is 16.2. The summed E-state index contributed by atoms with van der Waals surface area (Å²) in [5, 5.41) is 2.67. The smallest absolute Gasteiger partial charge is 0.244 e. The zero-order chi connectivity index (χ0) is 14.3. The Labute approximate surface area is 113 Å². The van der Waals surface area contributed by atoms with Crippen LogP contribution in [0.4, 0.5) is 0 Å². The molecule has 0 spiro atoms. The van der Waals surface area contributed by atoms with Crippen molar-refractivity contribution in [1.82, 2.24) is 10.2 Å². The molecule has 1 atom stereocenters. The van der Waals surface area contributed by atoms with E-state index in [1.807, 2.05) is 44.2 Å². The predicted octanol–water partition coefficient (Wildman–Crippen LogP) is 0.671. The number of likely N-dealkylation sites (N-methyl/N-ethyl adjacent to an activating group) is 2. The van der Waals surface area contributed by atoms with Gasteiger partial charge < -0.3 is 16.0 Å². The summed E-state index contributed by atoms with van der Waals surface area (Å²) in [4.78, 5) is 25.2. The topological polar surface area (TPSA) is 75.4 Å². The number of hydrogen-bond donors (Lipinski definition) is 2. The lowest BCUT2D eigenvalue weighted by molar-refractivity contribution is -0.137. The molecule has 0 heterocycles. The summed E-state index contributed by atoms with van der Waals surface area (Å²) in [5.41, 5.74) is 6.69. The number of nitrogens with zero attached hydrogens (tertiary/aromatic N) is 1. The van der Waals surface area contributed by atoms with Crippen LogP contribution in [-0.4, -0.2) is 36.3 Å². The third kappa shape index (κ3) is 4.37. The maximum absolute atomic E-state index is 12.2.